The van der Waals surface area contributed by atoms with Gasteiger partial charge in [0.1, 0.15) is 12.2 Å². The molecule has 0 saturated carbocycles. The molecule has 2 N–H and O–H groups in total. The Morgan fingerprint density at radius 1 is 1.25 bits per heavy atom. The summed E-state index contributed by atoms with van der Waals surface area (Å²) in [5.41, 5.74) is -2.75. The van der Waals surface area contributed by atoms with Crippen molar-refractivity contribution in [2.75, 3.05) is 6.61 Å². The van der Waals surface area contributed by atoms with Gasteiger partial charge in [-0.25, -0.2) is 9.18 Å². The van der Waals surface area contributed by atoms with Gasteiger partial charge in [-0.2, -0.15) is 0 Å². The van der Waals surface area contributed by atoms with Gasteiger partial charge in [0.2, 0.25) is 8.32 Å². The zero-order valence-corrected chi connectivity index (χ0v) is 18.7. The zero-order chi connectivity index (χ0) is 21.4. The number of nitrogens with zero attached hydrogens (tertiary/aromatic N) is 1. The molecule has 0 bridgehead atoms. The number of hydrogen-bond donors (Lipinski definition) is 2. The predicted octanol–water partition coefficient (Wildman–Crippen LogP) is 2.72. The van der Waals surface area contributed by atoms with Crippen molar-refractivity contribution in [1.82, 2.24) is 9.55 Å². The highest BCUT2D eigenvalue weighted by atomic mass is 28.4. The van der Waals surface area contributed by atoms with Gasteiger partial charge in [-0.3, -0.25) is 14.3 Å². The predicted molar refractivity (Wildman–Crippen MR) is 108 cm³/mol. The van der Waals surface area contributed by atoms with Crippen LogP contribution in [0.4, 0.5) is 4.39 Å². The molecular weight excluding hydrogens is 383 g/mol. The van der Waals surface area contributed by atoms with Gasteiger partial charge < -0.3 is 14.3 Å². The van der Waals surface area contributed by atoms with Gasteiger partial charge in [0.25, 0.3) is 5.56 Å². The van der Waals surface area contributed by atoms with E-state index < -0.39 is 50.3 Å². The number of hydrogen-bond acceptors (Lipinski definition) is 5. The molecule has 4 atom stereocenters. The molecule has 0 aliphatic carbocycles. The number of aromatic amines is 1. The number of nitrogens with one attached hydrogen (secondary N) is 1. The summed E-state index contributed by atoms with van der Waals surface area (Å²) >= 11 is 0. The van der Waals surface area contributed by atoms with E-state index >= 15 is 4.39 Å². The lowest BCUT2D eigenvalue weighted by Gasteiger charge is -2.46. The standard InChI is InChI=1S/C19H33FN2O5Si/c1-11(2)28(12(3)4,13(5)6)27-16-14(10-23)26-17(19(16,7)20)22-9-8-15(24)21-18(22)25/h8-9,11-14,16-17,23H,10H2,1-7H3,(H,21,24,25)/t14-,16+,17-,19?/m1/s1. The molecule has 2 heterocycles. The molecule has 1 aromatic heterocycles. The molecule has 1 aliphatic heterocycles. The van der Waals surface area contributed by atoms with Gasteiger partial charge in [0.05, 0.1) is 6.61 Å². The number of rotatable bonds is 7. The van der Waals surface area contributed by atoms with Crippen LogP contribution in [0, 0.1) is 0 Å². The first-order valence-electron chi connectivity index (χ1n) is 9.84. The van der Waals surface area contributed by atoms with E-state index in [1.54, 1.807) is 0 Å². The minimum absolute atomic E-state index is 0.220. The van der Waals surface area contributed by atoms with Gasteiger partial charge in [-0.05, 0) is 23.5 Å². The molecule has 2 rings (SSSR count). The van der Waals surface area contributed by atoms with E-state index in [0.29, 0.717) is 0 Å². The van der Waals surface area contributed by atoms with E-state index in [0.717, 1.165) is 10.6 Å². The maximum absolute atomic E-state index is 16.1. The van der Waals surface area contributed by atoms with Crippen LogP contribution in [0.25, 0.3) is 0 Å². The normalized spacial score (nSPS) is 28.6. The number of halogens is 1. The first kappa shape index (κ1) is 23.0. The maximum atomic E-state index is 16.1. The molecule has 1 aromatic rings. The number of aliphatic hydroxyl groups is 1. The second-order valence-electron chi connectivity index (χ2n) is 8.73. The summed E-state index contributed by atoms with van der Waals surface area (Å²) in [4.78, 5) is 25.7. The van der Waals surface area contributed by atoms with E-state index in [1.165, 1.54) is 13.1 Å². The van der Waals surface area contributed by atoms with Crippen molar-refractivity contribution in [3.63, 3.8) is 0 Å². The summed E-state index contributed by atoms with van der Waals surface area (Å²) in [5.74, 6) is 0. The highest BCUT2D eigenvalue weighted by Gasteiger charge is 2.60. The van der Waals surface area contributed by atoms with Crippen LogP contribution >= 0.6 is 0 Å². The van der Waals surface area contributed by atoms with Crippen molar-refractivity contribution in [1.29, 1.82) is 0 Å². The number of H-pyrrole nitrogens is 1. The summed E-state index contributed by atoms with van der Waals surface area (Å²) in [6.45, 7) is 13.5. The molecule has 1 fully saturated rings. The average molecular weight is 417 g/mol. The van der Waals surface area contributed by atoms with Crippen molar-refractivity contribution in [3.05, 3.63) is 33.1 Å². The summed E-state index contributed by atoms with van der Waals surface area (Å²) in [5, 5.41) is 9.86. The fraction of sp³-hybridized carbons (Fsp3) is 0.789. The van der Waals surface area contributed by atoms with Gasteiger partial charge in [0.15, 0.2) is 11.9 Å². The smallest absolute Gasteiger partial charge is 0.330 e. The Bertz CT molecular complexity index is 767. The fourth-order valence-corrected chi connectivity index (χ4v) is 10.4. The van der Waals surface area contributed by atoms with E-state index in [1.807, 2.05) is 0 Å². The molecule has 7 nitrogen and oxygen atoms in total. The molecule has 1 unspecified atom stereocenters. The average Bonchev–Trinajstić information content (AvgIpc) is 2.81. The molecule has 0 radical (unpaired) electrons. The third-order valence-corrected chi connectivity index (χ3v) is 12.1. The first-order chi connectivity index (χ1) is 12.9. The van der Waals surface area contributed by atoms with Crippen LogP contribution < -0.4 is 11.2 Å². The lowest BCUT2D eigenvalue weighted by atomic mass is 9.98. The lowest BCUT2D eigenvalue weighted by Crippen LogP contribution is -2.56. The Morgan fingerprint density at radius 2 is 1.79 bits per heavy atom. The molecule has 1 aliphatic rings. The summed E-state index contributed by atoms with van der Waals surface area (Å²) < 4.78 is 29.4. The number of aromatic nitrogens is 2. The molecule has 9 heteroatoms. The van der Waals surface area contributed by atoms with Crippen LogP contribution in [0.5, 0.6) is 0 Å². The van der Waals surface area contributed by atoms with E-state index in [-0.39, 0.29) is 16.6 Å². The number of ether oxygens (including phenoxy) is 1. The van der Waals surface area contributed by atoms with Crippen molar-refractivity contribution in [2.24, 2.45) is 0 Å². The number of alkyl halides is 1. The Morgan fingerprint density at radius 3 is 2.21 bits per heavy atom. The Labute approximate surface area is 166 Å². The SMILES string of the molecule is CC(C)[Si](O[C@H]1[C@@H](CO)O[C@@H](n2ccc(=O)[nH]c2=O)C1(C)F)(C(C)C)C(C)C. The van der Waals surface area contributed by atoms with Gasteiger partial charge in [0, 0.05) is 12.3 Å². The largest absolute Gasteiger partial charge is 0.407 e. The minimum atomic E-state index is -2.47. The Balaban J connectivity index is 2.51. The third kappa shape index (κ3) is 3.77. The van der Waals surface area contributed by atoms with Crippen molar-refractivity contribution >= 4 is 8.32 Å². The highest BCUT2D eigenvalue weighted by Crippen LogP contribution is 2.49. The van der Waals surface area contributed by atoms with Crippen LogP contribution in [0.2, 0.25) is 16.6 Å². The molecule has 160 valence electrons. The maximum Gasteiger partial charge on any atom is 0.330 e. The molecule has 28 heavy (non-hydrogen) atoms. The Hall–Kier alpha value is -1.29. The van der Waals surface area contributed by atoms with Crippen molar-refractivity contribution < 1.29 is 18.7 Å². The summed E-state index contributed by atoms with van der Waals surface area (Å²) in [7, 11) is -2.47. The lowest BCUT2D eigenvalue weighted by molar-refractivity contribution is -0.0611. The molecule has 0 aromatic carbocycles. The molecule has 1 saturated heterocycles. The van der Waals surface area contributed by atoms with Crippen LogP contribution in [0.3, 0.4) is 0 Å². The summed E-state index contributed by atoms with van der Waals surface area (Å²) in [6.07, 6.45) is -2.04. The molecule has 0 spiro atoms. The minimum Gasteiger partial charge on any atom is -0.407 e. The van der Waals surface area contributed by atoms with E-state index in [4.69, 9.17) is 9.16 Å². The fourth-order valence-electron chi connectivity index (χ4n) is 4.78. The highest BCUT2D eigenvalue weighted by molar-refractivity contribution is 6.77. The molecular formula is C19H33FN2O5Si. The van der Waals surface area contributed by atoms with Crippen LogP contribution in [0.15, 0.2) is 21.9 Å². The quantitative estimate of drug-likeness (QED) is 0.667. The van der Waals surface area contributed by atoms with Gasteiger partial charge >= 0.3 is 5.69 Å². The van der Waals surface area contributed by atoms with Crippen LogP contribution in [0.1, 0.15) is 54.7 Å². The van der Waals surface area contributed by atoms with E-state index in [9.17, 15) is 14.7 Å². The van der Waals surface area contributed by atoms with Crippen LogP contribution in [-0.2, 0) is 9.16 Å². The third-order valence-electron chi connectivity index (χ3n) is 6.00. The van der Waals surface area contributed by atoms with Crippen molar-refractivity contribution in [2.45, 2.75) is 89.2 Å². The van der Waals surface area contributed by atoms with E-state index in [2.05, 4.69) is 46.5 Å². The van der Waals surface area contributed by atoms with Crippen LogP contribution in [-0.4, -0.2) is 47.5 Å². The zero-order valence-electron chi connectivity index (χ0n) is 17.7. The number of aliphatic hydroxyl groups excluding tert-OH is 1. The topological polar surface area (TPSA) is 93.5 Å². The molecule has 0 amide bonds. The summed E-state index contributed by atoms with van der Waals surface area (Å²) in [6, 6.07) is 1.14. The van der Waals surface area contributed by atoms with Gasteiger partial charge in [-0.1, -0.05) is 41.5 Å². The monoisotopic (exact) mass is 416 g/mol. The van der Waals surface area contributed by atoms with Gasteiger partial charge in [-0.15, -0.1) is 0 Å². The second kappa shape index (κ2) is 8.21. The second-order valence-corrected chi connectivity index (χ2v) is 14.1. The first-order valence-corrected chi connectivity index (χ1v) is 12.0. The Kier molecular flexibility index (Phi) is 6.74. The van der Waals surface area contributed by atoms with Crippen molar-refractivity contribution in [3.8, 4) is 0 Å².